The Balaban J connectivity index is 1.67. The minimum absolute atomic E-state index is 0.494. The van der Waals surface area contributed by atoms with Crippen molar-refractivity contribution in [3.8, 4) is 0 Å². The topological polar surface area (TPSA) is 58.5 Å². The molecule has 1 aliphatic rings. The Morgan fingerprint density at radius 1 is 1.25 bits per heavy atom. The summed E-state index contributed by atoms with van der Waals surface area (Å²) in [5.74, 6) is 0.846. The molecule has 24 heavy (non-hydrogen) atoms. The Hall–Kier alpha value is -1.62. The van der Waals surface area contributed by atoms with Gasteiger partial charge in [0, 0.05) is 25.4 Å². The minimum Gasteiger partial charge on any atom is -0.378 e. The fourth-order valence-electron chi connectivity index (χ4n) is 2.95. The van der Waals surface area contributed by atoms with E-state index >= 15 is 0 Å². The van der Waals surface area contributed by atoms with E-state index in [2.05, 4.69) is 27.5 Å². The van der Waals surface area contributed by atoms with Crippen LogP contribution >= 0.6 is 0 Å². The molecule has 2 N–H and O–H groups in total. The van der Waals surface area contributed by atoms with Crippen LogP contribution in [0.4, 0.5) is 0 Å². The molecular formula is C19H32N4O. The van der Waals surface area contributed by atoms with Crippen molar-refractivity contribution in [3.05, 3.63) is 29.6 Å². The van der Waals surface area contributed by atoms with Crippen molar-refractivity contribution < 1.29 is 4.74 Å². The van der Waals surface area contributed by atoms with Crippen molar-refractivity contribution in [3.63, 3.8) is 0 Å². The van der Waals surface area contributed by atoms with Crippen LogP contribution in [0.2, 0.25) is 0 Å². The number of guanidine groups is 1. The summed E-state index contributed by atoms with van der Waals surface area (Å²) >= 11 is 0. The van der Waals surface area contributed by atoms with E-state index in [0.29, 0.717) is 12.6 Å². The number of aliphatic imine (C=N–C) groups is 1. The normalized spacial score (nSPS) is 16.2. The van der Waals surface area contributed by atoms with Gasteiger partial charge in [-0.1, -0.05) is 25.3 Å². The molecule has 1 aliphatic carbocycles. The number of hydrogen-bond acceptors (Lipinski definition) is 3. The first-order valence-electron chi connectivity index (χ1n) is 9.34. The lowest BCUT2D eigenvalue weighted by atomic mass is 9.98. The van der Waals surface area contributed by atoms with E-state index < -0.39 is 0 Å². The van der Waals surface area contributed by atoms with Crippen molar-refractivity contribution in [1.82, 2.24) is 15.6 Å². The van der Waals surface area contributed by atoms with Crippen LogP contribution in [0.1, 0.15) is 56.8 Å². The van der Waals surface area contributed by atoms with Gasteiger partial charge >= 0.3 is 0 Å². The number of hydrogen-bond donors (Lipinski definition) is 2. The third-order valence-corrected chi connectivity index (χ3v) is 4.21. The Kier molecular flexibility index (Phi) is 8.60. The number of nitrogens with zero attached hydrogens (tertiary/aromatic N) is 2. The van der Waals surface area contributed by atoms with Crippen LogP contribution in [0.25, 0.3) is 0 Å². The van der Waals surface area contributed by atoms with Crippen LogP contribution in [-0.2, 0) is 11.3 Å². The third-order valence-electron chi connectivity index (χ3n) is 4.21. The van der Waals surface area contributed by atoms with E-state index in [1.807, 2.05) is 25.1 Å². The maximum atomic E-state index is 5.96. The molecule has 0 unspecified atom stereocenters. The van der Waals surface area contributed by atoms with Gasteiger partial charge in [0.15, 0.2) is 5.96 Å². The van der Waals surface area contributed by atoms with Crippen molar-refractivity contribution in [2.45, 2.75) is 65.0 Å². The van der Waals surface area contributed by atoms with Crippen molar-refractivity contribution in [2.24, 2.45) is 4.99 Å². The Labute approximate surface area is 146 Å². The molecule has 0 amide bonds. The first kappa shape index (κ1) is 18.7. The summed E-state index contributed by atoms with van der Waals surface area (Å²) in [5.41, 5.74) is 2.02. The summed E-state index contributed by atoms with van der Waals surface area (Å²) in [4.78, 5) is 9.09. The summed E-state index contributed by atoms with van der Waals surface area (Å²) < 4.78 is 5.96. The van der Waals surface area contributed by atoms with Crippen molar-refractivity contribution in [2.75, 3.05) is 19.7 Å². The molecule has 0 atom stereocenters. The number of ether oxygens (including phenoxy) is 1. The fourth-order valence-corrected chi connectivity index (χ4v) is 2.95. The van der Waals surface area contributed by atoms with Gasteiger partial charge in [0.1, 0.15) is 0 Å². The zero-order chi connectivity index (χ0) is 17.0. The smallest absolute Gasteiger partial charge is 0.191 e. The summed E-state index contributed by atoms with van der Waals surface area (Å²) in [7, 11) is 0. The molecule has 5 nitrogen and oxygen atoms in total. The Bertz CT molecular complexity index is 498. The SMILES string of the molecule is CCNC(=NCc1cccc(C)n1)NCCCOC1CCCCC1. The fraction of sp³-hybridized carbons (Fsp3) is 0.684. The van der Waals surface area contributed by atoms with Gasteiger partial charge in [-0.2, -0.15) is 0 Å². The van der Waals surface area contributed by atoms with E-state index in [4.69, 9.17) is 4.74 Å². The van der Waals surface area contributed by atoms with E-state index in [9.17, 15) is 0 Å². The van der Waals surface area contributed by atoms with Crippen LogP contribution in [0.15, 0.2) is 23.2 Å². The molecule has 1 aromatic rings. The monoisotopic (exact) mass is 332 g/mol. The van der Waals surface area contributed by atoms with Crippen LogP contribution in [0.5, 0.6) is 0 Å². The molecule has 0 aliphatic heterocycles. The highest BCUT2D eigenvalue weighted by Gasteiger charge is 2.12. The van der Waals surface area contributed by atoms with Gasteiger partial charge in [-0.05, 0) is 45.2 Å². The second kappa shape index (κ2) is 11.0. The molecule has 0 bridgehead atoms. The lowest BCUT2D eigenvalue weighted by molar-refractivity contribution is 0.0277. The van der Waals surface area contributed by atoms with Gasteiger partial charge in [-0.3, -0.25) is 4.98 Å². The molecule has 2 rings (SSSR count). The maximum Gasteiger partial charge on any atom is 0.191 e. The first-order chi connectivity index (χ1) is 11.8. The molecule has 5 heteroatoms. The van der Waals surface area contributed by atoms with E-state index in [1.54, 1.807) is 0 Å². The molecule has 0 radical (unpaired) electrons. The molecule has 1 heterocycles. The predicted octanol–water partition coefficient (Wildman–Crippen LogP) is 3.18. The summed E-state index contributed by atoms with van der Waals surface area (Å²) in [6.07, 6.45) is 8.00. The average molecular weight is 332 g/mol. The largest absolute Gasteiger partial charge is 0.378 e. The number of pyridine rings is 1. The standard InChI is InChI=1S/C19H32N4O/c1-3-20-19(22-15-17-10-7-9-16(2)23-17)21-13-8-14-24-18-11-5-4-6-12-18/h7,9-10,18H,3-6,8,11-15H2,1-2H3,(H2,20,21,22). The van der Waals surface area contributed by atoms with Gasteiger partial charge < -0.3 is 15.4 Å². The van der Waals surface area contributed by atoms with Gasteiger partial charge in [0.25, 0.3) is 0 Å². The molecule has 1 saturated carbocycles. The highest BCUT2D eigenvalue weighted by Crippen LogP contribution is 2.20. The quantitative estimate of drug-likeness (QED) is 0.436. The average Bonchev–Trinajstić information content (AvgIpc) is 2.60. The summed E-state index contributed by atoms with van der Waals surface area (Å²) in [6.45, 7) is 7.23. The van der Waals surface area contributed by atoms with Gasteiger partial charge in [0.2, 0.25) is 0 Å². The number of rotatable bonds is 8. The first-order valence-corrected chi connectivity index (χ1v) is 9.34. The van der Waals surface area contributed by atoms with Crippen LogP contribution in [0, 0.1) is 6.92 Å². The molecule has 1 aromatic heterocycles. The lowest BCUT2D eigenvalue weighted by Crippen LogP contribution is -2.38. The van der Waals surface area contributed by atoms with Gasteiger partial charge in [-0.25, -0.2) is 4.99 Å². The zero-order valence-corrected chi connectivity index (χ0v) is 15.2. The van der Waals surface area contributed by atoms with Gasteiger partial charge in [0.05, 0.1) is 18.3 Å². The summed E-state index contributed by atoms with van der Waals surface area (Å²) in [5, 5.41) is 6.65. The van der Waals surface area contributed by atoms with E-state index in [0.717, 1.165) is 43.5 Å². The Morgan fingerprint density at radius 3 is 2.83 bits per heavy atom. The maximum absolute atomic E-state index is 5.96. The number of nitrogens with one attached hydrogen (secondary N) is 2. The number of aromatic nitrogens is 1. The molecule has 0 saturated heterocycles. The second-order valence-electron chi connectivity index (χ2n) is 6.38. The van der Waals surface area contributed by atoms with Crippen molar-refractivity contribution >= 4 is 5.96 Å². The predicted molar refractivity (Wildman–Crippen MR) is 99.2 cm³/mol. The third kappa shape index (κ3) is 7.30. The molecule has 1 fully saturated rings. The molecular weight excluding hydrogens is 300 g/mol. The van der Waals surface area contributed by atoms with Gasteiger partial charge in [-0.15, -0.1) is 0 Å². The summed E-state index contributed by atoms with van der Waals surface area (Å²) in [6, 6.07) is 6.04. The molecule has 0 aromatic carbocycles. The van der Waals surface area contributed by atoms with Crippen molar-refractivity contribution in [1.29, 1.82) is 0 Å². The van der Waals surface area contributed by atoms with Crippen LogP contribution < -0.4 is 10.6 Å². The zero-order valence-electron chi connectivity index (χ0n) is 15.2. The van der Waals surface area contributed by atoms with E-state index in [1.165, 1.54) is 32.1 Å². The number of aryl methyl sites for hydroxylation is 1. The van der Waals surface area contributed by atoms with E-state index in [-0.39, 0.29) is 0 Å². The highest BCUT2D eigenvalue weighted by molar-refractivity contribution is 5.79. The Morgan fingerprint density at radius 2 is 2.08 bits per heavy atom. The van der Waals surface area contributed by atoms with Crippen LogP contribution in [-0.4, -0.2) is 36.7 Å². The minimum atomic E-state index is 0.494. The molecule has 134 valence electrons. The second-order valence-corrected chi connectivity index (χ2v) is 6.38. The lowest BCUT2D eigenvalue weighted by Gasteiger charge is -2.22. The highest BCUT2D eigenvalue weighted by atomic mass is 16.5. The van der Waals surface area contributed by atoms with Crippen LogP contribution in [0.3, 0.4) is 0 Å². The molecule has 0 spiro atoms.